The number of benzene rings is 1. The van der Waals surface area contributed by atoms with E-state index in [1.807, 2.05) is 30.3 Å². The number of ether oxygens (including phenoxy) is 1. The standard InChI is InChI=1S/C14H20OS/c1-2-3-4-5-9-12-14(16)15-13-10-7-6-8-11-13/h6-8,10-11H,2-5,9,12H2,1H3. The molecule has 0 aliphatic rings. The number of para-hydroxylation sites is 1. The van der Waals surface area contributed by atoms with E-state index < -0.39 is 0 Å². The van der Waals surface area contributed by atoms with Crippen molar-refractivity contribution in [2.75, 3.05) is 0 Å². The van der Waals surface area contributed by atoms with Crippen LogP contribution in [0.25, 0.3) is 0 Å². The second-order valence-corrected chi connectivity index (χ2v) is 4.41. The average molecular weight is 236 g/mol. The van der Waals surface area contributed by atoms with E-state index in [9.17, 15) is 0 Å². The summed E-state index contributed by atoms with van der Waals surface area (Å²) in [6, 6.07) is 9.76. The van der Waals surface area contributed by atoms with Gasteiger partial charge in [0.05, 0.1) is 0 Å². The highest BCUT2D eigenvalue weighted by Crippen LogP contribution is 2.12. The zero-order valence-corrected chi connectivity index (χ0v) is 10.8. The van der Waals surface area contributed by atoms with Crippen LogP contribution in [0, 0.1) is 0 Å². The highest BCUT2D eigenvalue weighted by Gasteiger charge is 1.99. The maximum absolute atomic E-state index is 5.55. The number of hydrogen-bond acceptors (Lipinski definition) is 2. The molecule has 1 nitrogen and oxygen atoms in total. The zero-order chi connectivity index (χ0) is 11.6. The lowest BCUT2D eigenvalue weighted by atomic mass is 10.1. The maximum atomic E-state index is 5.55. The summed E-state index contributed by atoms with van der Waals surface area (Å²) in [7, 11) is 0. The third kappa shape index (κ3) is 5.86. The predicted octanol–water partition coefficient (Wildman–Crippen LogP) is 4.75. The number of thiocarbonyl (C=S) groups is 1. The normalized spacial score (nSPS) is 10.1. The summed E-state index contributed by atoms with van der Waals surface area (Å²) in [5.74, 6) is 0.848. The fourth-order valence-electron chi connectivity index (χ4n) is 1.54. The van der Waals surface area contributed by atoms with Gasteiger partial charge in [-0.15, -0.1) is 0 Å². The summed E-state index contributed by atoms with van der Waals surface area (Å²) in [5, 5.41) is 0.711. The summed E-state index contributed by atoms with van der Waals surface area (Å²) in [4.78, 5) is 0. The summed E-state index contributed by atoms with van der Waals surface area (Å²) in [6.45, 7) is 2.23. The van der Waals surface area contributed by atoms with E-state index in [1.165, 1.54) is 25.7 Å². The van der Waals surface area contributed by atoms with Gasteiger partial charge in [0.1, 0.15) is 5.75 Å². The van der Waals surface area contributed by atoms with Crippen molar-refractivity contribution in [1.82, 2.24) is 0 Å². The van der Waals surface area contributed by atoms with Crippen molar-refractivity contribution in [2.45, 2.75) is 45.4 Å². The Kier molecular flexibility index (Phi) is 6.82. The van der Waals surface area contributed by atoms with E-state index in [0.717, 1.165) is 18.6 Å². The van der Waals surface area contributed by atoms with Gasteiger partial charge in [-0.05, 0) is 30.8 Å². The second-order valence-electron chi connectivity index (χ2n) is 3.95. The molecule has 1 aromatic carbocycles. The number of rotatable bonds is 7. The molecule has 0 unspecified atom stereocenters. The molecule has 0 bridgehead atoms. The van der Waals surface area contributed by atoms with Gasteiger partial charge in [0.2, 0.25) is 0 Å². The lowest BCUT2D eigenvalue weighted by Crippen LogP contribution is -2.04. The van der Waals surface area contributed by atoms with E-state index in [4.69, 9.17) is 17.0 Å². The molecule has 1 rings (SSSR count). The fourth-order valence-corrected chi connectivity index (χ4v) is 1.78. The Hall–Kier alpha value is -0.890. The van der Waals surface area contributed by atoms with Gasteiger partial charge in [0.15, 0.2) is 5.05 Å². The van der Waals surface area contributed by atoms with Crippen LogP contribution in [0.2, 0.25) is 0 Å². The molecule has 0 fully saturated rings. The molecule has 0 amide bonds. The fraction of sp³-hybridized carbons (Fsp3) is 0.500. The molecule has 0 spiro atoms. The van der Waals surface area contributed by atoms with Gasteiger partial charge < -0.3 is 4.74 Å². The topological polar surface area (TPSA) is 9.23 Å². The van der Waals surface area contributed by atoms with Crippen molar-refractivity contribution in [3.63, 3.8) is 0 Å². The molecule has 0 aliphatic carbocycles. The smallest absolute Gasteiger partial charge is 0.167 e. The van der Waals surface area contributed by atoms with Crippen molar-refractivity contribution in [1.29, 1.82) is 0 Å². The average Bonchev–Trinajstić information content (AvgIpc) is 2.30. The molecule has 0 saturated heterocycles. The van der Waals surface area contributed by atoms with Gasteiger partial charge >= 0.3 is 0 Å². The Balaban J connectivity index is 2.12. The van der Waals surface area contributed by atoms with Gasteiger partial charge in [-0.2, -0.15) is 0 Å². The molecule has 0 saturated carbocycles. The van der Waals surface area contributed by atoms with E-state index >= 15 is 0 Å². The predicted molar refractivity (Wildman–Crippen MR) is 73.0 cm³/mol. The Morgan fingerprint density at radius 3 is 2.44 bits per heavy atom. The van der Waals surface area contributed by atoms with Crippen LogP contribution in [0.1, 0.15) is 45.4 Å². The van der Waals surface area contributed by atoms with Crippen LogP contribution in [0.4, 0.5) is 0 Å². The Morgan fingerprint density at radius 2 is 1.75 bits per heavy atom. The van der Waals surface area contributed by atoms with Crippen LogP contribution < -0.4 is 4.74 Å². The Morgan fingerprint density at radius 1 is 1.06 bits per heavy atom. The van der Waals surface area contributed by atoms with E-state index in [0.29, 0.717) is 5.05 Å². The quantitative estimate of drug-likeness (QED) is 0.499. The third-order valence-corrected chi connectivity index (χ3v) is 2.75. The van der Waals surface area contributed by atoms with Crippen molar-refractivity contribution >= 4 is 17.3 Å². The molecule has 0 atom stereocenters. The van der Waals surface area contributed by atoms with Crippen LogP contribution in [-0.2, 0) is 0 Å². The van der Waals surface area contributed by atoms with E-state index in [1.54, 1.807) is 0 Å². The van der Waals surface area contributed by atoms with E-state index in [-0.39, 0.29) is 0 Å². The molecular weight excluding hydrogens is 216 g/mol. The summed E-state index contributed by atoms with van der Waals surface area (Å²) in [6.07, 6.45) is 7.22. The second kappa shape index (κ2) is 8.28. The summed E-state index contributed by atoms with van der Waals surface area (Å²) in [5.41, 5.74) is 0. The molecule has 0 N–H and O–H groups in total. The molecule has 0 aromatic heterocycles. The third-order valence-electron chi connectivity index (χ3n) is 2.46. The molecule has 16 heavy (non-hydrogen) atoms. The summed E-state index contributed by atoms with van der Waals surface area (Å²) >= 11 is 5.19. The SMILES string of the molecule is CCCCCCCC(=S)Oc1ccccc1. The van der Waals surface area contributed by atoms with Gasteiger partial charge in [-0.25, -0.2) is 0 Å². The van der Waals surface area contributed by atoms with Crippen molar-refractivity contribution < 1.29 is 4.74 Å². The first-order valence-corrected chi connectivity index (χ1v) is 6.49. The number of hydrogen-bond donors (Lipinski definition) is 0. The van der Waals surface area contributed by atoms with Crippen LogP contribution in [0.15, 0.2) is 30.3 Å². The number of unbranched alkanes of at least 4 members (excludes halogenated alkanes) is 4. The molecule has 2 heteroatoms. The monoisotopic (exact) mass is 236 g/mol. The van der Waals surface area contributed by atoms with Crippen LogP contribution in [-0.4, -0.2) is 5.05 Å². The molecule has 0 aliphatic heterocycles. The molecular formula is C14H20OS. The first-order chi connectivity index (χ1) is 7.83. The van der Waals surface area contributed by atoms with Crippen molar-refractivity contribution in [2.24, 2.45) is 0 Å². The minimum atomic E-state index is 0.711. The van der Waals surface area contributed by atoms with Crippen molar-refractivity contribution in [3.05, 3.63) is 30.3 Å². The lowest BCUT2D eigenvalue weighted by molar-refractivity contribution is 0.535. The summed E-state index contributed by atoms with van der Waals surface area (Å²) < 4.78 is 5.55. The molecule has 0 heterocycles. The molecule has 1 aromatic rings. The highest BCUT2D eigenvalue weighted by molar-refractivity contribution is 7.80. The largest absolute Gasteiger partial charge is 0.450 e. The first kappa shape index (κ1) is 13.2. The zero-order valence-electron chi connectivity index (χ0n) is 9.95. The van der Waals surface area contributed by atoms with Crippen LogP contribution in [0.5, 0.6) is 5.75 Å². The molecule has 88 valence electrons. The van der Waals surface area contributed by atoms with Gasteiger partial charge in [0, 0.05) is 6.42 Å². The van der Waals surface area contributed by atoms with Gasteiger partial charge in [-0.1, -0.05) is 50.8 Å². The Bertz CT molecular complexity index is 295. The highest BCUT2D eigenvalue weighted by atomic mass is 32.1. The van der Waals surface area contributed by atoms with Crippen molar-refractivity contribution in [3.8, 4) is 5.75 Å². The van der Waals surface area contributed by atoms with Gasteiger partial charge in [0.25, 0.3) is 0 Å². The Labute approximate surface area is 104 Å². The maximum Gasteiger partial charge on any atom is 0.167 e. The van der Waals surface area contributed by atoms with Crippen LogP contribution in [0.3, 0.4) is 0 Å². The minimum Gasteiger partial charge on any atom is -0.450 e. The minimum absolute atomic E-state index is 0.711. The lowest BCUT2D eigenvalue weighted by Gasteiger charge is -2.06. The van der Waals surface area contributed by atoms with E-state index in [2.05, 4.69) is 6.92 Å². The molecule has 0 radical (unpaired) electrons. The van der Waals surface area contributed by atoms with Crippen LogP contribution >= 0.6 is 12.2 Å². The van der Waals surface area contributed by atoms with Gasteiger partial charge in [-0.3, -0.25) is 0 Å². The first-order valence-electron chi connectivity index (χ1n) is 6.08.